The number of fused-ring (bicyclic) bond motifs is 3. The number of nitrogens with zero attached hydrogens (tertiary/aromatic N) is 1. The highest BCUT2D eigenvalue weighted by atomic mass is 32.2. The van der Waals surface area contributed by atoms with Crippen LogP contribution in [0.15, 0.2) is 59.5 Å². The summed E-state index contributed by atoms with van der Waals surface area (Å²) in [6.07, 6.45) is 2.27. The first-order chi connectivity index (χ1) is 15.2. The summed E-state index contributed by atoms with van der Waals surface area (Å²) < 4.78 is 21.4. The van der Waals surface area contributed by atoms with Crippen molar-refractivity contribution < 1.29 is 13.9 Å². The Balaban J connectivity index is 1.93. The van der Waals surface area contributed by atoms with E-state index in [2.05, 4.69) is 35.8 Å². The van der Waals surface area contributed by atoms with E-state index >= 15 is 0 Å². The molecule has 0 N–H and O–H groups in total. The van der Waals surface area contributed by atoms with Gasteiger partial charge in [0.2, 0.25) is 0 Å². The number of hydrogen-bond acceptors (Lipinski definition) is 3. The van der Waals surface area contributed by atoms with E-state index in [4.69, 9.17) is 4.74 Å². The molecule has 0 spiro atoms. The summed E-state index contributed by atoms with van der Waals surface area (Å²) in [6.45, 7) is 8.37. The number of hydrogen-bond donors (Lipinski definition) is 0. The van der Waals surface area contributed by atoms with Crippen molar-refractivity contribution >= 4 is 39.5 Å². The lowest BCUT2D eigenvalue weighted by molar-refractivity contribution is -0.153. The zero-order chi connectivity index (χ0) is 23.0. The smallest absolute Gasteiger partial charge is 0.310 e. The summed E-state index contributed by atoms with van der Waals surface area (Å²) in [5, 5.41) is 2.38. The predicted molar refractivity (Wildman–Crippen MR) is 131 cm³/mol. The minimum Gasteiger partial charge on any atom is -0.460 e. The fraction of sp³-hybridized carbons (Fsp3) is 0.296. The number of halogens is 1. The first-order valence-electron chi connectivity index (χ1n) is 10.7. The van der Waals surface area contributed by atoms with Crippen LogP contribution in [0.2, 0.25) is 0 Å². The molecule has 0 radical (unpaired) electrons. The average Bonchev–Trinajstić information content (AvgIpc) is 3.03. The fourth-order valence-corrected chi connectivity index (χ4v) is 5.12. The molecule has 0 saturated heterocycles. The van der Waals surface area contributed by atoms with E-state index in [0.717, 1.165) is 32.6 Å². The minimum absolute atomic E-state index is 0.225. The number of para-hydroxylation sites is 1. The third-order valence-electron chi connectivity index (χ3n) is 5.48. The van der Waals surface area contributed by atoms with E-state index in [1.807, 2.05) is 45.2 Å². The quantitative estimate of drug-likeness (QED) is 0.245. The number of esters is 1. The number of aryl methyl sites for hydroxylation is 1. The molecule has 0 aliphatic rings. The van der Waals surface area contributed by atoms with Crippen molar-refractivity contribution in [2.45, 2.75) is 51.2 Å². The number of carbonyl (C=O) groups excluding carboxylic acids is 1. The maximum absolute atomic E-state index is 13.5. The van der Waals surface area contributed by atoms with Gasteiger partial charge in [-0.15, -0.1) is 11.8 Å². The van der Waals surface area contributed by atoms with Gasteiger partial charge in [-0.3, -0.25) is 4.79 Å². The number of thioether (sulfide) groups is 1. The molecule has 1 aromatic heterocycles. The normalized spacial score (nSPS) is 11.9. The summed E-state index contributed by atoms with van der Waals surface area (Å²) in [4.78, 5) is 13.7. The van der Waals surface area contributed by atoms with Gasteiger partial charge >= 0.3 is 5.97 Å². The Morgan fingerprint density at radius 1 is 1.09 bits per heavy atom. The summed E-state index contributed by atoms with van der Waals surface area (Å²) >= 11 is 1.65. The van der Waals surface area contributed by atoms with E-state index in [1.54, 1.807) is 11.8 Å². The summed E-state index contributed by atoms with van der Waals surface area (Å²) in [5.74, 6) is -0.469. The molecule has 0 aliphatic carbocycles. The molecule has 166 valence electrons. The van der Waals surface area contributed by atoms with Gasteiger partial charge in [0.15, 0.2) is 0 Å². The van der Waals surface area contributed by atoms with Crippen molar-refractivity contribution in [1.29, 1.82) is 0 Å². The molecule has 3 nitrogen and oxygen atoms in total. The molecule has 0 atom stereocenters. The number of rotatable bonds is 5. The van der Waals surface area contributed by atoms with Gasteiger partial charge in [0.25, 0.3) is 0 Å². The lowest BCUT2D eigenvalue weighted by Crippen LogP contribution is -2.25. The van der Waals surface area contributed by atoms with Gasteiger partial charge < -0.3 is 9.30 Å². The Bertz CT molecular complexity index is 1300. The van der Waals surface area contributed by atoms with Crippen molar-refractivity contribution in [3.8, 4) is 0 Å². The van der Waals surface area contributed by atoms with Crippen molar-refractivity contribution in [3.63, 3.8) is 0 Å². The zero-order valence-electron chi connectivity index (χ0n) is 19.2. The molecule has 0 bridgehead atoms. The molecular formula is C27H28FNO2S. The van der Waals surface area contributed by atoms with Crippen LogP contribution in [0.3, 0.4) is 0 Å². The van der Waals surface area contributed by atoms with Crippen molar-refractivity contribution in [2.75, 3.05) is 6.26 Å². The van der Waals surface area contributed by atoms with Gasteiger partial charge in [0, 0.05) is 27.7 Å². The molecule has 0 saturated carbocycles. The molecule has 32 heavy (non-hydrogen) atoms. The first-order valence-corrected chi connectivity index (χ1v) is 11.9. The van der Waals surface area contributed by atoms with Gasteiger partial charge in [0.1, 0.15) is 11.4 Å². The molecule has 1 heterocycles. The highest BCUT2D eigenvalue weighted by Crippen LogP contribution is 2.40. The molecule has 0 amide bonds. The van der Waals surface area contributed by atoms with E-state index in [9.17, 15) is 9.18 Å². The van der Waals surface area contributed by atoms with Crippen LogP contribution in [0.25, 0.3) is 21.8 Å². The molecule has 0 unspecified atom stereocenters. The monoisotopic (exact) mass is 449 g/mol. The molecule has 4 rings (SSSR count). The van der Waals surface area contributed by atoms with E-state index in [1.165, 1.54) is 22.9 Å². The highest BCUT2D eigenvalue weighted by molar-refractivity contribution is 7.98. The van der Waals surface area contributed by atoms with Crippen LogP contribution in [0.4, 0.5) is 4.39 Å². The topological polar surface area (TPSA) is 31.2 Å². The van der Waals surface area contributed by atoms with E-state index < -0.39 is 5.60 Å². The first kappa shape index (κ1) is 22.4. The van der Waals surface area contributed by atoms with Crippen LogP contribution in [-0.2, 0) is 22.5 Å². The van der Waals surface area contributed by atoms with Crippen molar-refractivity contribution in [1.82, 2.24) is 4.57 Å². The third kappa shape index (κ3) is 4.40. The van der Waals surface area contributed by atoms with Crippen molar-refractivity contribution in [3.05, 3.63) is 77.1 Å². The Morgan fingerprint density at radius 3 is 2.44 bits per heavy atom. The number of aromatic nitrogens is 1. The second-order valence-corrected chi connectivity index (χ2v) is 9.92. The van der Waals surface area contributed by atoms with Crippen LogP contribution in [0, 0.1) is 12.7 Å². The second kappa shape index (κ2) is 8.62. The summed E-state index contributed by atoms with van der Waals surface area (Å²) in [7, 11) is 0. The Hall–Kier alpha value is -2.79. The maximum atomic E-state index is 13.5. The molecule has 4 aromatic rings. The van der Waals surface area contributed by atoms with Crippen LogP contribution in [0.1, 0.15) is 37.5 Å². The van der Waals surface area contributed by atoms with Crippen LogP contribution in [0.5, 0.6) is 0 Å². The largest absolute Gasteiger partial charge is 0.460 e. The van der Waals surface area contributed by atoms with Gasteiger partial charge in [-0.25, -0.2) is 4.39 Å². The van der Waals surface area contributed by atoms with Gasteiger partial charge in [-0.05, 0) is 68.8 Å². The standard InChI is InChI=1S/C27H28FNO2S/c1-17-14-19(15-23(30)31-27(2,3)4)26(32-5)25-24(17)21-8-6-7-9-22(21)29(25)16-18-10-12-20(28)13-11-18/h6-14H,15-16H2,1-5H3. The SMILES string of the molecule is CSc1c(CC(=O)OC(C)(C)C)cc(C)c2c3ccccc3n(Cc3ccc(F)cc3)c12. The molecule has 3 aromatic carbocycles. The molecular weight excluding hydrogens is 421 g/mol. The summed E-state index contributed by atoms with van der Waals surface area (Å²) in [6, 6.07) is 17.1. The summed E-state index contributed by atoms with van der Waals surface area (Å²) in [5.41, 5.74) is 4.84. The Labute approximate surface area is 192 Å². The van der Waals surface area contributed by atoms with Crippen molar-refractivity contribution in [2.24, 2.45) is 0 Å². The second-order valence-electron chi connectivity index (χ2n) is 9.10. The van der Waals surface area contributed by atoms with Crippen LogP contribution >= 0.6 is 11.8 Å². The Kier molecular flexibility index (Phi) is 6.04. The number of carbonyl (C=O) groups is 1. The van der Waals surface area contributed by atoms with Crippen LogP contribution in [-0.4, -0.2) is 22.4 Å². The maximum Gasteiger partial charge on any atom is 0.310 e. The molecule has 0 fully saturated rings. The average molecular weight is 450 g/mol. The van der Waals surface area contributed by atoms with Gasteiger partial charge in [-0.1, -0.05) is 36.4 Å². The van der Waals surface area contributed by atoms with E-state index in [-0.39, 0.29) is 18.2 Å². The zero-order valence-corrected chi connectivity index (χ0v) is 20.0. The minimum atomic E-state index is -0.521. The number of ether oxygens (including phenoxy) is 1. The lowest BCUT2D eigenvalue weighted by Gasteiger charge is -2.20. The third-order valence-corrected chi connectivity index (χ3v) is 6.34. The molecule has 0 aliphatic heterocycles. The van der Waals surface area contributed by atoms with Crippen LogP contribution < -0.4 is 0 Å². The highest BCUT2D eigenvalue weighted by Gasteiger charge is 2.22. The Morgan fingerprint density at radius 2 is 1.78 bits per heavy atom. The fourth-order valence-electron chi connectivity index (χ4n) is 4.32. The number of benzene rings is 3. The van der Waals surface area contributed by atoms with Gasteiger partial charge in [0.05, 0.1) is 11.9 Å². The van der Waals surface area contributed by atoms with E-state index in [0.29, 0.717) is 6.54 Å². The predicted octanol–water partition coefficient (Wildman–Crippen LogP) is 6.90. The van der Waals surface area contributed by atoms with Gasteiger partial charge in [-0.2, -0.15) is 0 Å². The molecule has 5 heteroatoms. The lowest BCUT2D eigenvalue weighted by atomic mass is 10.0.